The first-order chi connectivity index (χ1) is 18.9. The first-order valence-electron chi connectivity index (χ1n) is 13.6. The van der Waals surface area contributed by atoms with Gasteiger partial charge >= 0.3 is 11.9 Å². The first-order valence-corrected chi connectivity index (χ1v) is 13.6. The molecule has 2 aromatic carbocycles. The zero-order chi connectivity index (χ0) is 28.3. The Balaban J connectivity index is 1.70. The van der Waals surface area contributed by atoms with Crippen LogP contribution in [0.1, 0.15) is 63.0 Å². The van der Waals surface area contributed by atoms with Crippen molar-refractivity contribution in [3.05, 3.63) is 72.3 Å². The average Bonchev–Trinajstić information content (AvgIpc) is 2.96. The molecule has 0 aliphatic carbocycles. The summed E-state index contributed by atoms with van der Waals surface area (Å²) in [6.07, 6.45) is 7.05. The van der Waals surface area contributed by atoms with Gasteiger partial charge in [0.1, 0.15) is 37.4 Å². The van der Waals surface area contributed by atoms with Gasteiger partial charge in [0.15, 0.2) is 6.10 Å². The lowest BCUT2D eigenvalue weighted by molar-refractivity contribution is -0.153. The molecular formula is C31H42O8. The van der Waals surface area contributed by atoms with E-state index in [9.17, 15) is 19.8 Å². The third-order valence-corrected chi connectivity index (χ3v) is 5.95. The quantitative estimate of drug-likeness (QED) is 0.140. The van der Waals surface area contributed by atoms with Crippen LogP contribution in [0.2, 0.25) is 0 Å². The van der Waals surface area contributed by atoms with Crippen molar-refractivity contribution in [2.45, 2.75) is 70.5 Å². The zero-order valence-electron chi connectivity index (χ0n) is 22.9. The monoisotopic (exact) mass is 542 g/mol. The number of unbranched alkanes of at least 4 members (excludes halogenated alkanes) is 5. The highest BCUT2D eigenvalue weighted by Gasteiger charge is 2.14. The smallest absolute Gasteiger partial charge is 0.330 e. The second kappa shape index (κ2) is 18.8. The van der Waals surface area contributed by atoms with Crippen molar-refractivity contribution in [3.8, 4) is 11.5 Å². The summed E-state index contributed by atoms with van der Waals surface area (Å²) in [5.41, 5.74) is 2.16. The molecule has 0 amide bonds. The van der Waals surface area contributed by atoms with Crippen molar-refractivity contribution in [1.29, 1.82) is 0 Å². The third kappa shape index (κ3) is 13.8. The molecule has 2 aromatic rings. The minimum Gasteiger partial charge on any atom is -0.491 e. The van der Waals surface area contributed by atoms with Crippen molar-refractivity contribution >= 4 is 11.9 Å². The summed E-state index contributed by atoms with van der Waals surface area (Å²) in [5, 5.41) is 19.4. The molecule has 2 rings (SSSR count). The molecular weight excluding hydrogens is 500 g/mol. The van der Waals surface area contributed by atoms with Crippen LogP contribution in [0.5, 0.6) is 11.5 Å². The van der Waals surface area contributed by atoms with Gasteiger partial charge in [-0.25, -0.2) is 4.79 Å². The van der Waals surface area contributed by atoms with Crippen LogP contribution in [-0.2, 0) is 25.5 Å². The van der Waals surface area contributed by atoms with E-state index in [1.54, 1.807) is 0 Å². The van der Waals surface area contributed by atoms with Gasteiger partial charge in [-0.05, 0) is 48.2 Å². The Hall–Kier alpha value is -3.36. The number of esters is 2. The molecule has 2 N–H and O–H groups in total. The average molecular weight is 543 g/mol. The topological polar surface area (TPSA) is 112 Å². The van der Waals surface area contributed by atoms with E-state index in [-0.39, 0.29) is 32.4 Å². The summed E-state index contributed by atoms with van der Waals surface area (Å²) in [5.74, 6) is 0.338. The lowest BCUT2D eigenvalue weighted by atomic mass is 10.0. The van der Waals surface area contributed by atoms with Crippen molar-refractivity contribution < 1.29 is 38.7 Å². The Bertz CT molecular complexity index is 971. The number of carbonyl (C=O) groups is 2. The Morgan fingerprint density at radius 3 is 1.97 bits per heavy atom. The Labute approximate surface area is 231 Å². The van der Waals surface area contributed by atoms with E-state index in [0.717, 1.165) is 36.5 Å². The van der Waals surface area contributed by atoms with Gasteiger partial charge in [-0.2, -0.15) is 0 Å². The van der Waals surface area contributed by atoms with Crippen LogP contribution >= 0.6 is 0 Å². The van der Waals surface area contributed by atoms with Crippen LogP contribution in [0, 0.1) is 0 Å². The summed E-state index contributed by atoms with van der Waals surface area (Å²) in [6, 6.07) is 15.1. The molecule has 39 heavy (non-hydrogen) atoms. The number of carbonyl (C=O) groups excluding carboxylic acids is 2. The minimum absolute atomic E-state index is 0.000690. The highest BCUT2D eigenvalue weighted by atomic mass is 16.6. The van der Waals surface area contributed by atoms with Crippen molar-refractivity contribution in [2.24, 2.45) is 0 Å². The molecule has 0 aliphatic heterocycles. The number of hydrogen-bond acceptors (Lipinski definition) is 8. The molecule has 2 atom stereocenters. The summed E-state index contributed by atoms with van der Waals surface area (Å²) in [7, 11) is 0. The lowest BCUT2D eigenvalue weighted by Gasteiger charge is -2.16. The molecule has 214 valence electrons. The number of aliphatic hydroxyl groups excluding tert-OH is 2. The molecule has 8 heteroatoms. The molecule has 0 aromatic heterocycles. The second-order valence-electron chi connectivity index (χ2n) is 9.39. The van der Waals surface area contributed by atoms with Gasteiger partial charge < -0.3 is 29.2 Å². The molecule has 0 radical (unpaired) electrons. The number of aliphatic hydroxyl groups is 2. The molecule has 2 unspecified atom stereocenters. The fourth-order valence-electron chi connectivity index (χ4n) is 3.73. The largest absolute Gasteiger partial charge is 0.491 e. The fraction of sp³-hybridized carbons (Fsp3) is 0.484. The van der Waals surface area contributed by atoms with E-state index in [2.05, 4.69) is 13.5 Å². The Kier molecular flexibility index (Phi) is 15.4. The van der Waals surface area contributed by atoms with E-state index >= 15 is 0 Å². The third-order valence-electron chi connectivity index (χ3n) is 5.95. The van der Waals surface area contributed by atoms with E-state index in [0.29, 0.717) is 24.3 Å². The second-order valence-corrected chi connectivity index (χ2v) is 9.39. The van der Waals surface area contributed by atoms with Gasteiger partial charge in [-0.15, -0.1) is 0 Å². The highest BCUT2D eigenvalue weighted by Crippen LogP contribution is 2.19. The predicted molar refractivity (Wildman–Crippen MR) is 149 cm³/mol. The van der Waals surface area contributed by atoms with Crippen molar-refractivity contribution in [3.63, 3.8) is 0 Å². The molecule has 0 fully saturated rings. The molecule has 0 aliphatic rings. The van der Waals surface area contributed by atoms with Crippen LogP contribution in [0.25, 0.3) is 0 Å². The number of ether oxygens (including phenoxy) is 4. The maximum atomic E-state index is 12.1. The van der Waals surface area contributed by atoms with Gasteiger partial charge in [0.2, 0.25) is 0 Å². The molecule has 0 spiro atoms. The van der Waals surface area contributed by atoms with Crippen molar-refractivity contribution in [2.75, 3.05) is 26.4 Å². The van der Waals surface area contributed by atoms with E-state index in [1.165, 1.54) is 19.3 Å². The first kappa shape index (κ1) is 31.9. The molecule has 0 heterocycles. The van der Waals surface area contributed by atoms with Crippen molar-refractivity contribution in [1.82, 2.24) is 0 Å². The van der Waals surface area contributed by atoms with Crippen LogP contribution in [0.15, 0.2) is 61.2 Å². The highest BCUT2D eigenvalue weighted by molar-refractivity contribution is 5.81. The van der Waals surface area contributed by atoms with Crippen LogP contribution < -0.4 is 9.47 Å². The van der Waals surface area contributed by atoms with Gasteiger partial charge in [-0.3, -0.25) is 4.79 Å². The predicted octanol–water partition coefficient (Wildman–Crippen LogP) is 4.78. The fourth-order valence-corrected chi connectivity index (χ4v) is 3.73. The summed E-state index contributed by atoms with van der Waals surface area (Å²) >= 11 is 0. The van der Waals surface area contributed by atoms with E-state index in [4.69, 9.17) is 18.9 Å². The SMILES string of the molecule is C=CC(=O)OCC(O)COc1ccc(Cc2ccc(OCC(CO)OC(=O)CCCCCCCC)cc2)cc1. The van der Waals surface area contributed by atoms with Gasteiger partial charge in [0.05, 0.1) is 6.61 Å². The number of benzene rings is 2. The Morgan fingerprint density at radius 2 is 1.41 bits per heavy atom. The standard InChI is InChI=1S/C31H42O8/c1-3-5-6-7-8-9-10-31(35)39-29(20-32)23-37-28-17-13-25(14-18-28)19-24-11-15-27(16-12-24)36-21-26(33)22-38-30(34)4-2/h4,11-18,26,29,32-33H,2-3,5-10,19-23H2,1H3. The number of hydrogen-bond donors (Lipinski definition) is 2. The Morgan fingerprint density at radius 1 is 0.846 bits per heavy atom. The maximum absolute atomic E-state index is 12.1. The van der Waals surface area contributed by atoms with Crippen LogP contribution in [0.3, 0.4) is 0 Å². The molecule has 0 bridgehead atoms. The van der Waals surface area contributed by atoms with E-state index < -0.39 is 18.2 Å². The van der Waals surface area contributed by atoms with Gasteiger partial charge in [0, 0.05) is 12.5 Å². The molecule has 8 nitrogen and oxygen atoms in total. The maximum Gasteiger partial charge on any atom is 0.330 e. The number of rotatable bonds is 20. The normalized spacial score (nSPS) is 12.3. The van der Waals surface area contributed by atoms with Gasteiger partial charge in [-0.1, -0.05) is 69.9 Å². The van der Waals surface area contributed by atoms with Crippen LogP contribution in [0.4, 0.5) is 0 Å². The lowest BCUT2D eigenvalue weighted by Crippen LogP contribution is -2.28. The molecule has 0 saturated heterocycles. The van der Waals surface area contributed by atoms with Crippen LogP contribution in [-0.4, -0.2) is 60.8 Å². The molecule has 0 saturated carbocycles. The van der Waals surface area contributed by atoms with Gasteiger partial charge in [0.25, 0.3) is 0 Å². The summed E-state index contributed by atoms with van der Waals surface area (Å²) in [6.45, 7) is 5.11. The minimum atomic E-state index is -0.931. The summed E-state index contributed by atoms with van der Waals surface area (Å²) in [4.78, 5) is 23.1. The zero-order valence-corrected chi connectivity index (χ0v) is 22.9. The summed E-state index contributed by atoms with van der Waals surface area (Å²) < 4.78 is 21.4. The van der Waals surface area contributed by atoms with E-state index in [1.807, 2.05) is 48.5 Å².